The predicted molar refractivity (Wildman–Crippen MR) is 73.3 cm³/mol. The number of nitrogens with one attached hydrogen (secondary N) is 1. The molecule has 0 bridgehead atoms. The van der Waals surface area contributed by atoms with E-state index in [9.17, 15) is 4.79 Å². The maximum Gasteiger partial charge on any atom is 0.265 e. The van der Waals surface area contributed by atoms with Crippen LogP contribution in [-0.2, 0) is 0 Å². The zero-order valence-corrected chi connectivity index (χ0v) is 12.1. The van der Waals surface area contributed by atoms with Crippen LogP contribution < -0.4 is 10.1 Å². The second-order valence-electron chi connectivity index (χ2n) is 4.24. The Morgan fingerprint density at radius 3 is 3.18 bits per heavy atom. The van der Waals surface area contributed by atoms with Crippen LogP contribution in [0.15, 0.2) is 11.4 Å². The maximum absolute atomic E-state index is 12.1. The predicted octanol–water partition coefficient (Wildman–Crippen LogP) is 3.05. The summed E-state index contributed by atoms with van der Waals surface area (Å²) in [5, 5.41) is 5.96. The van der Waals surface area contributed by atoms with Gasteiger partial charge in [-0.3, -0.25) is 4.79 Å². The van der Waals surface area contributed by atoms with Gasteiger partial charge in [-0.15, -0.1) is 11.3 Å². The first-order valence-electron chi connectivity index (χ1n) is 5.74. The first-order valence-corrected chi connectivity index (χ1v) is 7.74. The van der Waals surface area contributed by atoms with Crippen LogP contribution in [0.1, 0.15) is 28.9 Å². The molecule has 2 atom stereocenters. The normalized spacial score (nSPS) is 23.6. The quantitative estimate of drug-likeness (QED) is 0.867. The van der Waals surface area contributed by atoms with E-state index in [-0.39, 0.29) is 5.91 Å². The van der Waals surface area contributed by atoms with Crippen LogP contribution in [-0.4, -0.2) is 24.4 Å². The minimum atomic E-state index is -0.00491. The number of carbonyl (C=O) groups excluding carboxylic acids is 1. The van der Waals surface area contributed by atoms with E-state index < -0.39 is 0 Å². The number of carbonyl (C=O) groups is 1. The molecule has 2 rings (SSSR count). The van der Waals surface area contributed by atoms with Crippen molar-refractivity contribution < 1.29 is 9.53 Å². The van der Waals surface area contributed by atoms with Crippen molar-refractivity contribution in [2.24, 2.45) is 5.92 Å². The van der Waals surface area contributed by atoms with E-state index in [1.807, 2.05) is 11.4 Å². The molecule has 5 heteroatoms. The summed E-state index contributed by atoms with van der Waals surface area (Å²) in [6.45, 7) is 0. The third kappa shape index (κ3) is 2.83. The largest absolute Gasteiger partial charge is 0.495 e. The lowest BCUT2D eigenvalue weighted by atomic mass is 10.1. The molecule has 1 amide bonds. The van der Waals surface area contributed by atoms with Gasteiger partial charge in [-0.1, -0.05) is 22.4 Å². The molecule has 1 aliphatic rings. The van der Waals surface area contributed by atoms with Gasteiger partial charge in [0.05, 0.1) is 7.11 Å². The Morgan fingerprint density at radius 2 is 2.47 bits per heavy atom. The summed E-state index contributed by atoms with van der Waals surface area (Å²) in [4.78, 5) is 12.8. The highest BCUT2D eigenvalue weighted by molar-refractivity contribution is 9.09. The molecule has 17 heavy (non-hydrogen) atoms. The Morgan fingerprint density at radius 1 is 1.65 bits per heavy atom. The average molecular weight is 318 g/mol. The Kier molecular flexibility index (Phi) is 4.45. The van der Waals surface area contributed by atoms with Crippen molar-refractivity contribution >= 4 is 33.2 Å². The number of thiophene rings is 1. The van der Waals surface area contributed by atoms with Gasteiger partial charge in [0.15, 0.2) is 0 Å². The van der Waals surface area contributed by atoms with Gasteiger partial charge in [0.2, 0.25) is 0 Å². The SMILES string of the molecule is COc1ccsc1C(=O)NC1CCCC1CBr. The Bertz CT molecular complexity index is 394. The summed E-state index contributed by atoms with van der Waals surface area (Å²) in [5.41, 5.74) is 0. The van der Waals surface area contributed by atoms with E-state index in [1.54, 1.807) is 7.11 Å². The monoisotopic (exact) mass is 317 g/mol. The fraction of sp³-hybridized carbons (Fsp3) is 0.583. The number of halogens is 1. The average Bonchev–Trinajstić information content (AvgIpc) is 2.96. The van der Waals surface area contributed by atoms with E-state index in [4.69, 9.17) is 4.74 Å². The van der Waals surface area contributed by atoms with Crippen LogP contribution in [0.2, 0.25) is 0 Å². The third-order valence-corrected chi connectivity index (χ3v) is 4.96. The molecule has 1 aromatic rings. The molecule has 2 unspecified atom stereocenters. The lowest BCUT2D eigenvalue weighted by molar-refractivity contribution is 0.0931. The van der Waals surface area contributed by atoms with Gasteiger partial charge in [-0.2, -0.15) is 0 Å². The molecule has 1 heterocycles. The van der Waals surface area contributed by atoms with Gasteiger partial charge in [0.1, 0.15) is 10.6 Å². The van der Waals surface area contributed by atoms with Crippen LogP contribution in [0.3, 0.4) is 0 Å². The first kappa shape index (κ1) is 12.9. The van der Waals surface area contributed by atoms with Crippen molar-refractivity contribution in [3.8, 4) is 5.75 Å². The van der Waals surface area contributed by atoms with Crippen molar-refractivity contribution in [3.05, 3.63) is 16.3 Å². The molecule has 0 saturated heterocycles. The number of alkyl halides is 1. The third-order valence-electron chi connectivity index (χ3n) is 3.23. The first-order chi connectivity index (χ1) is 8.26. The van der Waals surface area contributed by atoms with E-state index in [0.29, 0.717) is 22.6 Å². The van der Waals surface area contributed by atoms with Crippen molar-refractivity contribution in [1.82, 2.24) is 5.32 Å². The summed E-state index contributed by atoms with van der Waals surface area (Å²) >= 11 is 4.94. The molecule has 1 saturated carbocycles. The molecular formula is C12H16BrNO2S. The molecule has 1 fully saturated rings. The van der Waals surface area contributed by atoms with Crippen molar-refractivity contribution in [2.45, 2.75) is 25.3 Å². The van der Waals surface area contributed by atoms with Crippen LogP contribution in [0.5, 0.6) is 5.75 Å². The van der Waals surface area contributed by atoms with Gasteiger partial charge >= 0.3 is 0 Å². The number of ether oxygens (including phenoxy) is 1. The summed E-state index contributed by atoms with van der Waals surface area (Å²) in [6, 6.07) is 2.13. The zero-order chi connectivity index (χ0) is 12.3. The smallest absolute Gasteiger partial charge is 0.265 e. The lowest BCUT2D eigenvalue weighted by Gasteiger charge is -2.18. The molecule has 1 N–H and O–H groups in total. The van der Waals surface area contributed by atoms with E-state index in [2.05, 4.69) is 21.2 Å². The zero-order valence-electron chi connectivity index (χ0n) is 9.74. The van der Waals surface area contributed by atoms with E-state index >= 15 is 0 Å². The summed E-state index contributed by atoms with van der Waals surface area (Å²) in [5.74, 6) is 1.22. The molecule has 1 aliphatic carbocycles. The summed E-state index contributed by atoms with van der Waals surface area (Å²) < 4.78 is 5.16. The Balaban J connectivity index is 2.01. The Hall–Kier alpha value is -0.550. The van der Waals surface area contributed by atoms with E-state index in [0.717, 1.165) is 11.8 Å². The summed E-state index contributed by atoms with van der Waals surface area (Å²) in [7, 11) is 1.59. The number of hydrogen-bond acceptors (Lipinski definition) is 3. The molecule has 0 aliphatic heterocycles. The topological polar surface area (TPSA) is 38.3 Å². The van der Waals surface area contributed by atoms with Crippen LogP contribution >= 0.6 is 27.3 Å². The molecular weight excluding hydrogens is 302 g/mol. The van der Waals surface area contributed by atoms with Crippen molar-refractivity contribution in [3.63, 3.8) is 0 Å². The lowest BCUT2D eigenvalue weighted by Crippen LogP contribution is -2.37. The molecule has 94 valence electrons. The fourth-order valence-corrected chi connectivity index (χ4v) is 3.81. The molecule has 0 aromatic carbocycles. The highest BCUT2D eigenvalue weighted by atomic mass is 79.9. The second-order valence-corrected chi connectivity index (χ2v) is 5.81. The maximum atomic E-state index is 12.1. The molecule has 0 spiro atoms. The van der Waals surface area contributed by atoms with Crippen molar-refractivity contribution in [2.75, 3.05) is 12.4 Å². The number of rotatable bonds is 4. The van der Waals surface area contributed by atoms with E-state index in [1.165, 1.54) is 24.2 Å². The number of amides is 1. The standard InChI is InChI=1S/C12H16BrNO2S/c1-16-10-5-6-17-11(10)12(15)14-9-4-2-3-8(9)7-13/h5-6,8-9H,2-4,7H2,1H3,(H,14,15). The molecule has 0 radical (unpaired) electrons. The molecule has 1 aromatic heterocycles. The highest BCUT2D eigenvalue weighted by Gasteiger charge is 2.28. The highest BCUT2D eigenvalue weighted by Crippen LogP contribution is 2.29. The van der Waals surface area contributed by atoms with Crippen LogP contribution in [0.4, 0.5) is 0 Å². The summed E-state index contributed by atoms with van der Waals surface area (Å²) in [6.07, 6.45) is 3.47. The van der Waals surface area contributed by atoms with Crippen LogP contribution in [0, 0.1) is 5.92 Å². The van der Waals surface area contributed by atoms with Gasteiger partial charge in [0.25, 0.3) is 5.91 Å². The minimum Gasteiger partial charge on any atom is -0.495 e. The molecule has 3 nitrogen and oxygen atoms in total. The van der Waals surface area contributed by atoms with Gasteiger partial charge in [0, 0.05) is 11.4 Å². The Labute approximate surface area is 114 Å². The van der Waals surface area contributed by atoms with Crippen LogP contribution in [0.25, 0.3) is 0 Å². The fourth-order valence-electron chi connectivity index (χ4n) is 2.27. The van der Waals surface area contributed by atoms with Crippen molar-refractivity contribution in [1.29, 1.82) is 0 Å². The second kappa shape index (κ2) is 5.87. The van der Waals surface area contributed by atoms with Gasteiger partial charge in [-0.25, -0.2) is 0 Å². The minimum absolute atomic E-state index is 0.00491. The van der Waals surface area contributed by atoms with Gasteiger partial charge in [-0.05, 0) is 30.2 Å². The number of hydrogen-bond donors (Lipinski definition) is 1. The van der Waals surface area contributed by atoms with Gasteiger partial charge < -0.3 is 10.1 Å². The number of methoxy groups -OCH3 is 1.